The Morgan fingerprint density at radius 1 is 1.27 bits per heavy atom. The summed E-state index contributed by atoms with van der Waals surface area (Å²) in [6.45, 7) is 1.39. The summed E-state index contributed by atoms with van der Waals surface area (Å²) in [4.78, 5) is 7.23. The molecular weight excluding hydrogens is 439 g/mol. The second-order valence-corrected chi connectivity index (χ2v) is 11.3. The number of nitrogens with zero attached hydrogens (tertiary/aromatic N) is 4. The molecule has 0 saturated carbocycles. The van der Waals surface area contributed by atoms with Gasteiger partial charge in [0, 0.05) is 44.8 Å². The number of thiazole rings is 1. The van der Waals surface area contributed by atoms with Gasteiger partial charge in [-0.05, 0) is 37.3 Å². The number of aliphatic hydroxyl groups is 1. The van der Waals surface area contributed by atoms with Crippen LogP contribution in [0.3, 0.4) is 0 Å². The molecular formula is C20H22ClN6OPS. The molecule has 4 heterocycles. The first kappa shape index (κ1) is 19.9. The van der Waals surface area contributed by atoms with E-state index in [4.69, 9.17) is 17.0 Å². The lowest BCUT2D eigenvalue weighted by molar-refractivity contribution is 0.0151. The summed E-state index contributed by atoms with van der Waals surface area (Å²) in [6, 6.07) is 3.82. The molecule has 10 heteroatoms. The molecule has 156 valence electrons. The molecule has 3 N–H and O–H groups in total. The highest BCUT2D eigenvalue weighted by Gasteiger charge is 2.36. The van der Waals surface area contributed by atoms with Gasteiger partial charge in [0.2, 0.25) is 0 Å². The molecule has 0 bridgehead atoms. The van der Waals surface area contributed by atoms with Crippen molar-refractivity contribution in [2.24, 2.45) is 0 Å². The monoisotopic (exact) mass is 460 g/mol. The third-order valence-corrected chi connectivity index (χ3v) is 8.57. The first-order valence-corrected chi connectivity index (χ1v) is 12.8. The van der Waals surface area contributed by atoms with E-state index in [1.54, 1.807) is 11.7 Å². The zero-order valence-corrected chi connectivity index (χ0v) is 18.7. The molecule has 2 saturated heterocycles. The maximum absolute atomic E-state index is 11.0. The molecule has 0 unspecified atom stereocenters. The molecule has 1 aromatic carbocycles. The van der Waals surface area contributed by atoms with E-state index in [1.807, 2.05) is 24.5 Å². The fourth-order valence-corrected chi connectivity index (χ4v) is 6.12. The zero-order valence-electron chi connectivity index (χ0n) is 16.3. The van der Waals surface area contributed by atoms with E-state index < -0.39 is 5.60 Å². The van der Waals surface area contributed by atoms with E-state index in [9.17, 15) is 5.11 Å². The van der Waals surface area contributed by atoms with Crippen molar-refractivity contribution < 1.29 is 5.11 Å². The van der Waals surface area contributed by atoms with Crippen LogP contribution < -0.4 is 10.2 Å². The largest absolute Gasteiger partial charge is 0.384 e. The number of nitrogens with one attached hydrogen (secondary N) is 2. The van der Waals surface area contributed by atoms with Gasteiger partial charge in [-0.3, -0.25) is 9.44 Å². The Kier molecular flexibility index (Phi) is 5.27. The smallest absolute Gasteiger partial charge is 0.104 e. The Hall–Kier alpha value is -1.99. The average Bonchev–Trinajstić information content (AvgIpc) is 3.24. The van der Waals surface area contributed by atoms with Gasteiger partial charge in [0.05, 0.1) is 39.2 Å². The minimum Gasteiger partial charge on any atom is -0.384 e. The van der Waals surface area contributed by atoms with Crippen LogP contribution in [0.15, 0.2) is 36.2 Å². The highest BCUT2D eigenvalue weighted by atomic mass is 35.5. The third kappa shape index (κ3) is 3.85. The molecule has 0 atom stereocenters. The third-order valence-electron chi connectivity index (χ3n) is 5.66. The second kappa shape index (κ2) is 7.93. The Morgan fingerprint density at radius 3 is 2.73 bits per heavy atom. The molecule has 2 aliphatic rings. The topological polar surface area (TPSA) is 90.1 Å². The Morgan fingerprint density at radius 2 is 2.07 bits per heavy atom. The lowest BCUT2D eigenvalue weighted by Crippen LogP contribution is -2.42. The van der Waals surface area contributed by atoms with Crippen LogP contribution in [0.2, 0.25) is 5.02 Å². The van der Waals surface area contributed by atoms with Gasteiger partial charge < -0.3 is 20.7 Å². The fourth-order valence-electron chi connectivity index (χ4n) is 3.79. The molecule has 30 heavy (non-hydrogen) atoms. The van der Waals surface area contributed by atoms with E-state index in [0.29, 0.717) is 31.0 Å². The average molecular weight is 461 g/mol. The zero-order chi connectivity index (χ0) is 20.7. The number of hydrogen-bond donors (Lipinski definition) is 3. The number of halogens is 1. The first-order valence-electron chi connectivity index (χ1n) is 9.83. The van der Waals surface area contributed by atoms with Crippen LogP contribution in [-0.4, -0.2) is 51.3 Å². The van der Waals surface area contributed by atoms with Gasteiger partial charge in [-0.1, -0.05) is 11.6 Å². The second-order valence-electron chi connectivity index (χ2n) is 7.65. The number of piperidine rings is 1. The lowest BCUT2D eigenvalue weighted by Gasteiger charge is -2.39. The van der Waals surface area contributed by atoms with Gasteiger partial charge in [-0.2, -0.15) is 5.10 Å². The number of benzene rings is 1. The van der Waals surface area contributed by atoms with Crippen LogP contribution in [0.25, 0.3) is 0 Å². The van der Waals surface area contributed by atoms with E-state index in [-0.39, 0.29) is 8.07 Å². The van der Waals surface area contributed by atoms with Gasteiger partial charge in [0.1, 0.15) is 5.60 Å². The summed E-state index contributed by atoms with van der Waals surface area (Å²) >= 11 is 8.08. The van der Waals surface area contributed by atoms with E-state index >= 15 is 0 Å². The highest BCUT2D eigenvalue weighted by molar-refractivity contribution is 7.63. The number of rotatable bonds is 6. The summed E-state index contributed by atoms with van der Waals surface area (Å²) in [5, 5.41) is 27.3. The number of aromatic nitrogens is 3. The van der Waals surface area contributed by atoms with E-state index in [1.165, 1.54) is 29.9 Å². The first-order chi connectivity index (χ1) is 14.6. The van der Waals surface area contributed by atoms with Crippen LogP contribution in [-0.2, 0) is 5.60 Å². The summed E-state index contributed by atoms with van der Waals surface area (Å²) in [6.07, 6.45) is 10.7. The highest BCUT2D eigenvalue weighted by Crippen LogP contribution is 2.51. The summed E-state index contributed by atoms with van der Waals surface area (Å²) < 4.78 is 2.06. The van der Waals surface area contributed by atoms with Gasteiger partial charge in [-0.15, -0.1) is 11.3 Å². The quantitative estimate of drug-likeness (QED) is 0.372. The van der Waals surface area contributed by atoms with Gasteiger partial charge >= 0.3 is 0 Å². The van der Waals surface area contributed by atoms with Crippen molar-refractivity contribution in [1.82, 2.24) is 14.5 Å². The summed E-state index contributed by atoms with van der Waals surface area (Å²) in [5.74, 6) is 0. The lowest BCUT2D eigenvalue weighted by atomic mass is 9.90. The van der Waals surface area contributed by atoms with Crippen molar-refractivity contribution in [3.8, 4) is 0 Å². The Bertz CT molecular complexity index is 1060. The fraction of sp³-hybridized carbons (Fsp3) is 0.350. The van der Waals surface area contributed by atoms with Crippen molar-refractivity contribution in [3.05, 3.63) is 51.7 Å². The molecule has 2 aromatic heterocycles. The van der Waals surface area contributed by atoms with Crippen LogP contribution in [0, 0.1) is 5.41 Å². The molecule has 5 rings (SSSR count). The summed E-state index contributed by atoms with van der Waals surface area (Å²) in [7, 11) is -0.0931. The maximum Gasteiger partial charge on any atom is 0.104 e. The maximum atomic E-state index is 11.0. The van der Waals surface area contributed by atoms with Crippen LogP contribution >= 0.6 is 31.0 Å². The normalized spacial score (nSPS) is 18.4. The van der Waals surface area contributed by atoms with Crippen molar-refractivity contribution >= 4 is 54.3 Å². The Balaban J connectivity index is 1.37. The molecule has 0 spiro atoms. The Labute approximate surface area is 185 Å². The van der Waals surface area contributed by atoms with Crippen LogP contribution in [0.1, 0.15) is 23.3 Å². The van der Waals surface area contributed by atoms with Crippen molar-refractivity contribution in [2.75, 3.05) is 35.6 Å². The molecule has 3 aromatic rings. The number of hydrogen-bond acceptors (Lipinski definition) is 7. The molecule has 7 nitrogen and oxygen atoms in total. The summed E-state index contributed by atoms with van der Waals surface area (Å²) in [5.41, 5.74) is 4.33. The minimum absolute atomic E-state index is 0.0931. The van der Waals surface area contributed by atoms with Crippen molar-refractivity contribution in [3.63, 3.8) is 0 Å². The number of anilines is 3. The molecule has 0 radical (unpaired) electrons. The molecule has 2 fully saturated rings. The molecule has 0 aliphatic carbocycles. The van der Waals surface area contributed by atoms with Gasteiger partial charge in [-0.25, -0.2) is 0 Å². The van der Waals surface area contributed by atoms with Gasteiger partial charge in [0.25, 0.3) is 0 Å². The predicted octanol–water partition coefficient (Wildman–Crippen LogP) is 4.48. The standard InChI is InChI=1S/C20H22ClN6OPS/c21-16-7-14(9-22)17(25-15-10-24-27(12-15)29-5-6-29)8-18(16)26-3-1-20(28,2-4-26)19-11-23-13-30-19/h7-13,22,25,28H,1-6H2. The minimum atomic E-state index is -0.820. The van der Waals surface area contributed by atoms with Crippen molar-refractivity contribution in [1.29, 1.82) is 5.41 Å². The van der Waals surface area contributed by atoms with Crippen molar-refractivity contribution in [2.45, 2.75) is 18.4 Å². The SMILES string of the molecule is N=Cc1cc(Cl)c(N2CCC(O)(c3cncs3)CC2)cc1Nc1cnn(P2CC2)c1. The molecule has 2 aliphatic heterocycles. The molecule has 0 amide bonds. The van der Waals surface area contributed by atoms with E-state index in [0.717, 1.165) is 27.5 Å². The van der Waals surface area contributed by atoms with Crippen LogP contribution in [0.4, 0.5) is 17.1 Å². The van der Waals surface area contributed by atoms with Crippen LogP contribution in [0.5, 0.6) is 0 Å². The van der Waals surface area contributed by atoms with Gasteiger partial charge in [0.15, 0.2) is 0 Å². The predicted molar refractivity (Wildman–Crippen MR) is 124 cm³/mol. The van der Waals surface area contributed by atoms with E-state index in [2.05, 4.69) is 24.8 Å².